The first-order valence-electron chi connectivity index (χ1n) is 3.59. The SMILES string of the molecule is CNC1=C(C(N)=O)N(C)NC(=O)N1. The van der Waals surface area contributed by atoms with Crippen molar-refractivity contribution >= 4 is 11.9 Å². The molecule has 1 aliphatic rings. The molecule has 0 aromatic carbocycles. The Balaban J connectivity index is 3.05. The fourth-order valence-electron chi connectivity index (χ4n) is 1.05. The molecule has 0 aliphatic carbocycles. The van der Waals surface area contributed by atoms with Crippen molar-refractivity contribution < 1.29 is 9.59 Å². The summed E-state index contributed by atoms with van der Waals surface area (Å²) in [6.45, 7) is 0. The maximum atomic E-state index is 10.9. The highest BCUT2D eigenvalue weighted by atomic mass is 16.2. The van der Waals surface area contributed by atoms with Gasteiger partial charge in [-0.2, -0.15) is 0 Å². The van der Waals surface area contributed by atoms with E-state index in [1.54, 1.807) is 7.05 Å². The molecule has 1 heterocycles. The van der Waals surface area contributed by atoms with Crippen molar-refractivity contribution in [3.63, 3.8) is 0 Å². The van der Waals surface area contributed by atoms with Crippen molar-refractivity contribution in [2.75, 3.05) is 14.1 Å². The molecule has 0 bridgehead atoms. The first-order chi connectivity index (χ1) is 6.06. The number of rotatable bonds is 2. The monoisotopic (exact) mass is 185 g/mol. The van der Waals surface area contributed by atoms with Crippen molar-refractivity contribution in [2.45, 2.75) is 0 Å². The van der Waals surface area contributed by atoms with E-state index < -0.39 is 11.9 Å². The van der Waals surface area contributed by atoms with Crippen LogP contribution in [0.25, 0.3) is 0 Å². The quantitative estimate of drug-likeness (QED) is 0.400. The molecule has 0 aromatic heterocycles. The van der Waals surface area contributed by atoms with E-state index >= 15 is 0 Å². The molecule has 0 atom stereocenters. The van der Waals surface area contributed by atoms with Crippen LogP contribution in [0.4, 0.5) is 4.79 Å². The maximum absolute atomic E-state index is 10.9. The van der Waals surface area contributed by atoms with E-state index in [-0.39, 0.29) is 5.70 Å². The minimum atomic E-state index is -0.626. The van der Waals surface area contributed by atoms with Gasteiger partial charge >= 0.3 is 6.03 Å². The van der Waals surface area contributed by atoms with Crippen LogP contribution < -0.4 is 21.8 Å². The van der Waals surface area contributed by atoms with Gasteiger partial charge in [0.2, 0.25) is 0 Å². The largest absolute Gasteiger partial charge is 0.373 e. The average Bonchev–Trinajstić information content (AvgIpc) is 2.01. The summed E-state index contributed by atoms with van der Waals surface area (Å²) in [5.41, 5.74) is 7.64. The predicted molar refractivity (Wildman–Crippen MR) is 44.7 cm³/mol. The molecular weight excluding hydrogens is 174 g/mol. The van der Waals surface area contributed by atoms with Crippen LogP contribution in [0, 0.1) is 0 Å². The van der Waals surface area contributed by atoms with E-state index in [0.29, 0.717) is 5.82 Å². The Bertz CT molecular complexity index is 285. The molecule has 0 saturated heterocycles. The van der Waals surface area contributed by atoms with E-state index in [1.165, 1.54) is 12.1 Å². The standard InChI is InChI=1S/C6H11N5O2/c1-8-5-3(4(7)12)11(2)10-6(13)9-5/h8H,1-2H3,(H2,7,12)(H2,9,10,13). The van der Waals surface area contributed by atoms with E-state index in [9.17, 15) is 9.59 Å². The second-order valence-corrected chi connectivity index (χ2v) is 2.46. The number of likely N-dealkylation sites (N-methyl/N-ethyl adjacent to an activating group) is 1. The Hall–Kier alpha value is -1.92. The molecule has 0 unspecified atom stereocenters. The minimum Gasteiger partial charge on any atom is -0.373 e. The van der Waals surface area contributed by atoms with Crippen molar-refractivity contribution in [1.82, 2.24) is 21.1 Å². The maximum Gasteiger partial charge on any atom is 0.339 e. The summed E-state index contributed by atoms with van der Waals surface area (Å²) in [6, 6.07) is -0.420. The highest BCUT2D eigenvalue weighted by Crippen LogP contribution is 2.05. The normalized spacial score (nSPS) is 16.5. The van der Waals surface area contributed by atoms with Crippen LogP contribution in [0.3, 0.4) is 0 Å². The van der Waals surface area contributed by atoms with Gasteiger partial charge in [-0.25, -0.2) is 10.2 Å². The molecule has 0 spiro atoms. The first-order valence-corrected chi connectivity index (χ1v) is 3.59. The highest BCUT2D eigenvalue weighted by Gasteiger charge is 2.24. The van der Waals surface area contributed by atoms with Crippen LogP contribution in [0.5, 0.6) is 0 Å². The fourth-order valence-corrected chi connectivity index (χ4v) is 1.05. The Morgan fingerprint density at radius 1 is 1.62 bits per heavy atom. The molecule has 0 fully saturated rings. The van der Waals surface area contributed by atoms with Gasteiger partial charge < -0.3 is 11.1 Å². The van der Waals surface area contributed by atoms with Gasteiger partial charge in [0.25, 0.3) is 5.91 Å². The summed E-state index contributed by atoms with van der Waals surface area (Å²) in [4.78, 5) is 21.9. The third kappa shape index (κ3) is 1.63. The number of carbonyl (C=O) groups excluding carboxylic acids is 2. The molecule has 1 aliphatic heterocycles. The zero-order valence-corrected chi connectivity index (χ0v) is 7.34. The summed E-state index contributed by atoms with van der Waals surface area (Å²) < 4.78 is 0. The molecule has 0 radical (unpaired) electrons. The molecular formula is C6H11N5O2. The minimum absolute atomic E-state index is 0.183. The summed E-state index contributed by atoms with van der Waals surface area (Å²) in [5, 5.41) is 6.32. The molecule has 0 aromatic rings. The third-order valence-electron chi connectivity index (χ3n) is 1.56. The number of urea groups is 1. The predicted octanol–water partition coefficient (Wildman–Crippen LogP) is -1.98. The van der Waals surface area contributed by atoms with Crippen molar-refractivity contribution in [3.8, 4) is 0 Å². The molecule has 7 heteroatoms. The number of primary amides is 1. The summed E-state index contributed by atoms with van der Waals surface area (Å²) in [5.74, 6) is -0.335. The van der Waals surface area contributed by atoms with Gasteiger partial charge in [0.1, 0.15) is 5.82 Å². The zero-order valence-electron chi connectivity index (χ0n) is 7.34. The van der Waals surface area contributed by atoms with E-state index in [2.05, 4.69) is 16.1 Å². The van der Waals surface area contributed by atoms with E-state index in [4.69, 9.17) is 5.73 Å². The number of amides is 3. The third-order valence-corrected chi connectivity index (χ3v) is 1.56. The molecule has 5 N–H and O–H groups in total. The molecule has 0 saturated carbocycles. The summed E-state index contributed by atoms with van der Waals surface area (Å²) in [6.07, 6.45) is 0. The van der Waals surface area contributed by atoms with Gasteiger partial charge in [-0.15, -0.1) is 0 Å². The van der Waals surface area contributed by atoms with Gasteiger partial charge in [0.05, 0.1) is 0 Å². The number of hydrazine groups is 1. The van der Waals surface area contributed by atoms with Crippen molar-refractivity contribution in [1.29, 1.82) is 0 Å². The lowest BCUT2D eigenvalue weighted by Crippen LogP contribution is -2.55. The highest BCUT2D eigenvalue weighted by molar-refractivity contribution is 5.94. The summed E-state index contributed by atoms with van der Waals surface area (Å²) in [7, 11) is 3.11. The van der Waals surface area contributed by atoms with E-state index in [1.807, 2.05) is 0 Å². The number of nitrogens with two attached hydrogens (primary N) is 1. The molecule has 13 heavy (non-hydrogen) atoms. The van der Waals surface area contributed by atoms with Crippen molar-refractivity contribution in [2.24, 2.45) is 5.73 Å². The molecule has 7 nitrogen and oxygen atoms in total. The molecule has 72 valence electrons. The molecule has 1 rings (SSSR count). The lowest BCUT2D eigenvalue weighted by atomic mass is 10.3. The Kier molecular flexibility index (Phi) is 2.27. The Labute approximate surface area is 74.9 Å². The van der Waals surface area contributed by atoms with Crippen LogP contribution in [0.2, 0.25) is 0 Å². The number of carbonyl (C=O) groups is 2. The Morgan fingerprint density at radius 2 is 2.23 bits per heavy atom. The van der Waals surface area contributed by atoms with E-state index in [0.717, 1.165) is 0 Å². The van der Waals surface area contributed by atoms with Crippen molar-refractivity contribution in [3.05, 3.63) is 11.5 Å². The van der Waals surface area contributed by atoms with Crippen LogP contribution >= 0.6 is 0 Å². The number of hydrogen-bond donors (Lipinski definition) is 4. The topological polar surface area (TPSA) is 99.5 Å². The fraction of sp³-hybridized carbons (Fsp3) is 0.333. The van der Waals surface area contributed by atoms with Crippen LogP contribution in [-0.2, 0) is 4.79 Å². The average molecular weight is 185 g/mol. The second kappa shape index (κ2) is 3.21. The van der Waals surface area contributed by atoms with Gasteiger partial charge in [-0.1, -0.05) is 0 Å². The second-order valence-electron chi connectivity index (χ2n) is 2.46. The Morgan fingerprint density at radius 3 is 2.69 bits per heavy atom. The van der Waals surface area contributed by atoms with Gasteiger partial charge in [0.15, 0.2) is 5.70 Å². The number of nitrogens with zero attached hydrogens (tertiary/aromatic N) is 1. The van der Waals surface area contributed by atoms with Gasteiger partial charge in [0, 0.05) is 14.1 Å². The number of hydrogen-bond acceptors (Lipinski definition) is 4. The lowest BCUT2D eigenvalue weighted by Gasteiger charge is -2.28. The van der Waals surface area contributed by atoms with Crippen LogP contribution in [-0.4, -0.2) is 31.0 Å². The van der Waals surface area contributed by atoms with Crippen LogP contribution in [0.15, 0.2) is 11.5 Å². The smallest absolute Gasteiger partial charge is 0.339 e. The van der Waals surface area contributed by atoms with Crippen LogP contribution in [0.1, 0.15) is 0 Å². The van der Waals surface area contributed by atoms with Gasteiger partial charge in [-0.05, 0) is 0 Å². The molecule has 3 amide bonds. The van der Waals surface area contributed by atoms with Gasteiger partial charge in [-0.3, -0.25) is 15.1 Å². The first kappa shape index (κ1) is 9.17. The zero-order chi connectivity index (χ0) is 10.0. The number of nitrogens with one attached hydrogen (secondary N) is 3. The summed E-state index contributed by atoms with van der Waals surface area (Å²) >= 11 is 0. The lowest BCUT2D eigenvalue weighted by molar-refractivity contribution is -0.116.